The monoisotopic (exact) mass is 265 g/mol. The summed E-state index contributed by atoms with van der Waals surface area (Å²) in [5.74, 6) is -1.17. The van der Waals surface area contributed by atoms with Gasteiger partial charge in [0.1, 0.15) is 0 Å². The third kappa shape index (κ3) is 5.09. The average Bonchev–Trinajstić information content (AvgIpc) is 2.32. The molecule has 0 bridgehead atoms. The second-order valence-corrected chi connectivity index (χ2v) is 4.54. The lowest BCUT2D eigenvalue weighted by molar-refractivity contribution is -0.139. The quantitative estimate of drug-likeness (QED) is 0.817. The summed E-state index contributed by atoms with van der Waals surface area (Å²) in [4.78, 5) is 22.5. The number of carboxylic acid groups (broad SMARTS) is 1. The molecular formula is C14H19NO4. The summed E-state index contributed by atoms with van der Waals surface area (Å²) in [6.45, 7) is 4.02. The zero-order valence-electron chi connectivity index (χ0n) is 11.4. The molecule has 0 aliphatic rings. The van der Waals surface area contributed by atoms with Gasteiger partial charge in [0.25, 0.3) is 5.91 Å². The molecule has 2 N–H and O–H groups in total. The van der Waals surface area contributed by atoms with Crippen LogP contribution in [0.4, 0.5) is 0 Å². The van der Waals surface area contributed by atoms with Crippen LogP contribution >= 0.6 is 0 Å². The van der Waals surface area contributed by atoms with Gasteiger partial charge in [0.2, 0.25) is 0 Å². The minimum atomic E-state index is -0.951. The molecule has 0 aliphatic carbocycles. The fraction of sp³-hybridized carbons (Fsp3) is 0.429. The van der Waals surface area contributed by atoms with Crippen LogP contribution in [0.1, 0.15) is 27.9 Å². The molecule has 19 heavy (non-hydrogen) atoms. The summed E-state index contributed by atoms with van der Waals surface area (Å²) in [6.07, 6.45) is -0.656. The molecule has 1 rings (SSSR count). The molecule has 1 atom stereocenters. The number of aryl methyl sites for hydroxylation is 2. The van der Waals surface area contributed by atoms with Crippen LogP contribution in [0.15, 0.2) is 18.2 Å². The van der Waals surface area contributed by atoms with Gasteiger partial charge in [0.15, 0.2) is 0 Å². The Morgan fingerprint density at radius 1 is 1.26 bits per heavy atom. The van der Waals surface area contributed by atoms with Gasteiger partial charge in [0, 0.05) is 19.2 Å². The topological polar surface area (TPSA) is 75.6 Å². The van der Waals surface area contributed by atoms with E-state index in [9.17, 15) is 9.59 Å². The molecule has 0 fully saturated rings. The highest BCUT2D eigenvalue weighted by Crippen LogP contribution is 2.08. The first-order valence-electron chi connectivity index (χ1n) is 6.03. The molecule has 0 aliphatic heterocycles. The zero-order chi connectivity index (χ0) is 14.4. The van der Waals surface area contributed by atoms with E-state index < -0.39 is 12.1 Å². The minimum absolute atomic E-state index is 0.135. The number of aliphatic carboxylic acids is 1. The second kappa shape index (κ2) is 6.89. The Morgan fingerprint density at radius 3 is 2.32 bits per heavy atom. The van der Waals surface area contributed by atoms with E-state index in [1.54, 1.807) is 12.1 Å². The molecule has 0 spiro atoms. The molecule has 0 heterocycles. The van der Waals surface area contributed by atoms with Gasteiger partial charge in [0.05, 0.1) is 12.5 Å². The Bertz CT molecular complexity index is 450. The Labute approximate surface area is 112 Å². The number of nitrogens with one attached hydrogen (secondary N) is 1. The van der Waals surface area contributed by atoms with Crippen LogP contribution in [0.3, 0.4) is 0 Å². The maximum Gasteiger partial charge on any atom is 0.306 e. The SMILES string of the molecule is COC(CNC(=O)c1cc(C)cc(C)c1)CC(=O)O. The van der Waals surface area contributed by atoms with Crippen molar-refractivity contribution >= 4 is 11.9 Å². The van der Waals surface area contributed by atoms with Crippen LogP contribution in [-0.4, -0.2) is 36.7 Å². The van der Waals surface area contributed by atoms with Gasteiger partial charge in [-0.25, -0.2) is 0 Å². The van der Waals surface area contributed by atoms with Crippen LogP contribution < -0.4 is 5.32 Å². The largest absolute Gasteiger partial charge is 0.481 e. The lowest BCUT2D eigenvalue weighted by Crippen LogP contribution is -2.34. The van der Waals surface area contributed by atoms with Crippen LogP contribution in [0.2, 0.25) is 0 Å². The van der Waals surface area contributed by atoms with E-state index in [-0.39, 0.29) is 18.9 Å². The number of hydrogen-bond acceptors (Lipinski definition) is 3. The van der Waals surface area contributed by atoms with Crippen molar-refractivity contribution in [2.24, 2.45) is 0 Å². The fourth-order valence-corrected chi connectivity index (χ4v) is 1.85. The normalized spacial score (nSPS) is 11.9. The molecule has 0 aromatic heterocycles. The second-order valence-electron chi connectivity index (χ2n) is 4.54. The third-order valence-corrected chi connectivity index (χ3v) is 2.71. The van der Waals surface area contributed by atoms with E-state index >= 15 is 0 Å². The van der Waals surface area contributed by atoms with E-state index in [0.717, 1.165) is 11.1 Å². The lowest BCUT2D eigenvalue weighted by Gasteiger charge is -2.14. The summed E-state index contributed by atoms with van der Waals surface area (Å²) >= 11 is 0. The highest BCUT2D eigenvalue weighted by atomic mass is 16.5. The molecule has 0 saturated carbocycles. The van der Waals surface area contributed by atoms with Gasteiger partial charge >= 0.3 is 5.97 Å². The van der Waals surface area contributed by atoms with Crippen molar-refractivity contribution in [3.8, 4) is 0 Å². The minimum Gasteiger partial charge on any atom is -0.481 e. The number of carbonyl (C=O) groups excluding carboxylic acids is 1. The first-order valence-corrected chi connectivity index (χ1v) is 6.03. The van der Waals surface area contributed by atoms with Crippen LogP contribution in [-0.2, 0) is 9.53 Å². The summed E-state index contributed by atoms with van der Waals surface area (Å²) in [7, 11) is 1.43. The van der Waals surface area contributed by atoms with Crippen LogP contribution in [0, 0.1) is 13.8 Å². The number of rotatable bonds is 6. The van der Waals surface area contributed by atoms with E-state index in [2.05, 4.69) is 5.32 Å². The van der Waals surface area contributed by atoms with Crippen molar-refractivity contribution in [2.45, 2.75) is 26.4 Å². The van der Waals surface area contributed by atoms with Gasteiger partial charge in [-0.2, -0.15) is 0 Å². The molecule has 104 valence electrons. The Morgan fingerprint density at radius 2 is 1.84 bits per heavy atom. The van der Waals surface area contributed by atoms with E-state index in [1.807, 2.05) is 19.9 Å². The van der Waals surface area contributed by atoms with Crippen molar-refractivity contribution in [3.05, 3.63) is 34.9 Å². The van der Waals surface area contributed by atoms with Crippen molar-refractivity contribution in [1.29, 1.82) is 0 Å². The Balaban J connectivity index is 2.61. The molecule has 0 radical (unpaired) electrons. The highest BCUT2D eigenvalue weighted by molar-refractivity contribution is 5.94. The number of amides is 1. The maximum absolute atomic E-state index is 11.9. The first kappa shape index (κ1) is 15.2. The number of carboxylic acids is 1. The number of hydrogen-bond donors (Lipinski definition) is 2. The molecule has 5 nitrogen and oxygen atoms in total. The summed E-state index contributed by atoms with van der Waals surface area (Å²) in [5, 5.41) is 11.4. The predicted octanol–water partition coefficient (Wildman–Crippen LogP) is 1.52. The zero-order valence-corrected chi connectivity index (χ0v) is 11.4. The maximum atomic E-state index is 11.9. The standard InChI is InChI=1S/C14H19NO4/c1-9-4-10(2)6-11(5-9)14(18)15-8-12(19-3)7-13(16)17/h4-6,12H,7-8H2,1-3H3,(H,15,18)(H,16,17). The number of carbonyl (C=O) groups is 2. The first-order chi connectivity index (χ1) is 8.92. The Kier molecular flexibility index (Phi) is 5.51. The molecule has 1 unspecified atom stereocenters. The molecule has 1 aromatic carbocycles. The molecule has 1 amide bonds. The molecule has 1 aromatic rings. The van der Waals surface area contributed by atoms with Gasteiger partial charge in [-0.1, -0.05) is 17.2 Å². The number of ether oxygens (including phenoxy) is 1. The van der Waals surface area contributed by atoms with E-state index in [4.69, 9.17) is 9.84 Å². The molecular weight excluding hydrogens is 246 g/mol. The lowest BCUT2D eigenvalue weighted by atomic mass is 10.1. The van der Waals surface area contributed by atoms with Crippen molar-refractivity contribution in [2.75, 3.05) is 13.7 Å². The predicted molar refractivity (Wildman–Crippen MR) is 71.3 cm³/mol. The van der Waals surface area contributed by atoms with Gasteiger partial charge in [-0.3, -0.25) is 9.59 Å². The third-order valence-electron chi connectivity index (χ3n) is 2.71. The molecule has 0 saturated heterocycles. The number of benzene rings is 1. The Hall–Kier alpha value is -1.88. The van der Waals surface area contributed by atoms with Crippen LogP contribution in [0.25, 0.3) is 0 Å². The van der Waals surface area contributed by atoms with Gasteiger partial charge < -0.3 is 15.2 Å². The fourth-order valence-electron chi connectivity index (χ4n) is 1.85. The van der Waals surface area contributed by atoms with E-state index in [0.29, 0.717) is 5.56 Å². The van der Waals surface area contributed by atoms with Crippen molar-refractivity contribution < 1.29 is 19.4 Å². The molecule has 5 heteroatoms. The van der Waals surface area contributed by atoms with Crippen molar-refractivity contribution in [3.63, 3.8) is 0 Å². The van der Waals surface area contributed by atoms with Crippen LogP contribution in [0.5, 0.6) is 0 Å². The summed E-state index contributed by atoms with van der Waals surface area (Å²) < 4.78 is 5.00. The van der Waals surface area contributed by atoms with Gasteiger partial charge in [-0.15, -0.1) is 0 Å². The smallest absolute Gasteiger partial charge is 0.306 e. The summed E-state index contributed by atoms with van der Waals surface area (Å²) in [6, 6.07) is 5.57. The number of methoxy groups -OCH3 is 1. The average molecular weight is 265 g/mol. The van der Waals surface area contributed by atoms with Crippen molar-refractivity contribution in [1.82, 2.24) is 5.32 Å². The van der Waals surface area contributed by atoms with Gasteiger partial charge in [-0.05, 0) is 26.0 Å². The summed E-state index contributed by atoms with van der Waals surface area (Å²) in [5.41, 5.74) is 2.60. The van der Waals surface area contributed by atoms with E-state index in [1.165, 1.54) is 7.11 Å². The highest BCUT2D eigenvalue weighted by Gasteiger charge is 2.14.